The van der Waals surface area contributed by atoms with Crippen LogP contribution >= 0.6 is 0 Å². The van der Waals surface area contributed by atoms with Crippen LogP contribution in [0.3, 0.4) is 0 Å². The van der Waals surface area contributed by atoms with Gasteiger partial charge in [-0.05, 0) is 23.3 Å². The Kier molecular flexibility index (Phi) is 6.57. The van der Waals surface area contributed by atoms with E-state index >= 15 is 0 Å². The summed E-state index contributed by atoms with van der Waals surface area (Å²) in [5.41, 5.74) is -0.941. The van der Waals surface area contributed by atoms with Crippen molar-refractivity contribution in [3.63, 3.8) is 0 Å². The lowest BCUT2D eigenvalue weighted by atomic mass is 9.76. The Morgan fingerprint density at radius 1 is 1.11 bits per heavy atom. The van der Waals surface area contributed by atoms with Crippen LogP contribution in [0, 0.1) is 22.0 Å². The molecule has 2 aromatic rings. The van der Waals surface area contributed by atoms with Crippen molar-refractivity contribution in [2.24, 2.45) is 11.8 Å². The minimum atomic E-state index is -1.91. The van der Waals surface area contributed by atoms with Gasteiger partial charge in [-0.3, -0.25) is 34.7 Å². The van der Waals surface area contributed by atoms with Gasteiger partial charge in [-0.2, -0.15) is 0 Å². The Morgan fingerprint density at radius 3 is 2.28 bits per heavy atom. The number of carbonyl (C=O) groups excluding carboxylic acids is 3. The monoisotopic (exact) mass is 497 g/mol. The molecule has 36 heavy (non-hydrogen) atoms. The van der Waals surface area contributed by atoms with Gasteiger partial charge in [-0.25, -0.2) is 4.79 Å². The number of benzene rings is 2. The van der Waals surface area contributed by atoms with E-state index in [2.05, 4.69) is 5.32 Å². The van der Waals surface area contributed by atoms with Crippen LogP contribution in [0.5, 0.6) is 0 Å². The maximum atomic E-state index is 13.3. The van der Waals surface area contributed by atoms with Gasteiger partial charge in [0, 0.05) is 24.6 Å². The SMILES string of the molecule is COC(=O)c1ccc(C2NC(Cc3ccc([N+](=O)[O-])cc3)(C(=O)O)C3C(=O)N(CCO)C(=O)C23)cc1. The van der Waals surface area contributed by atoms with Crippen molar-refractivity contribution >= 4 is 29.4 Å². The largest absolute Gasteiger partial charge is 0.480 e. The minimum absolute atomic E-state index is 0.176. The number of fused-ring (bicyclic) bond motifs is 1. The maximum absolute atomic E-state index is 13.3. The van der Waals surface area contributed by atoms with Gasteiger partial charge in [0.15, 0.2) is 0 Å². The van der Waals surface area contributed by atoms with Gasteiger partial charge in [0.05, 0.1) is 42.6 Å². The molecule has 0 aromatic heterocycles. The number of esters is 1. The average Bonchev–Trinajstić information content (AvgIpc) is 3.34. The number of rotatable bonds is 8. The van der Waals surface area contributed by atoms with Gasteiger partial charge in [0.1, 0.15) is 5.54 Å². The van der Waals surface area contributed by atoms with Crippen molar-refractivity contribution in [1.82, 2.24) is 10.2 Å². The number of nitro groups is 1. The molecule has 2 aromatic carbocycles. The molecule has 12 nitrogen and oxygen atoms in total. The molecule has 12 heteroatoms. The van der Waals surface area contributed by atoms with Crippen molar-refractivity contribution in [3.8, 4) is 0 Å². The number of aliphatic hydroxyl groups is 1. The zero-order valence-electron chi connectivity index (χ0n) is 19.1. The van der Waals surface area contributed by atoms with Crippen LogP contribution in [0.4, 0.5) is 5.69 Å². The number of carboxylic acids is 1. The maximum Gasteiger partial charge on any atom is 0.337 e. The number of carbonyl (C=O) groups is 4. The van der Waals surface area contributed by atoms with Crippen molar-refractivity contribution in [3.05, 3.63) is 75.3 Å². The molecule has 2 heterocycles. The van der Waals surface area contributed by atoms with E-state index in [1.807, 2.05) is 0 Å². The van der Waals surface area contributed by atoms with Crippen LogP contribution in [0.25, 0.3) is 0 Å². The fraction of sp³-hybridized carbons (Fsp3) is 0.333. The smallest absolute Gasteiger partial charge is 0.337 e. The fourth-order valence-corrected chi connectivity index (χ4v) is 5.11. The van der Waals surface area contributed by atoms with Gasteiger partial charge < -0.3 is 14.9 Å². The Morgan fingerprint density at radius 2 is 1.75 bits per heavy atom. The second-order valence-corrected chi connectivity index (χ2v) is 8.67. The summed E-state index contributed by atoms with van der Waals surface area (Å²) in [6.45, 7) is -0.753. The summed E-state index contributed by atoms with van der Waals surface area (Å²) >= 11 is 0. The van der Waals surface area contributed by atoms with Gasteiger partial charge in [-0.1, -0.05) is 24.3 Å². The lowest BCUT2D eigenvalue weighted by Gasteiger charge is -2.31. The summed E-state index contributed by atoms with van der Waals surface area (Å²) in [7, 11) is 1.23. The summed E-state index contributed by atoms with van der Waals surface area (Å²) in [4.78, 5) is 62.5. The molecule has 2 amide bonds. The number of aliphatic carboxylic acids is 1. The number of amides is 2. The van der Waals surface area contributed by atoms with Crippen molar-refractivity contribution in [2.75, 3.05) is 20.3 Å². The van der Waals surface area contributed by atoms with Crippen LogP contribution in [0.15, 0.2) is 48.5 Å². The van der Waals surface area contributed by atoms with E-state index in [1.165, 1.54) is 43.5 Å². The molecule has 2 fully saturated rings. The highest BCUT2D eigenvalue weighted by Crippen LogP contribution is 2.50. The molecule has 0 aliphatic carbocycles. The quantitative estimate of drug-likeness (QED) is 0.203. The van der Waals surface area contributed by atoms with E-state index in [0.29, 0.717) is 11.1 Å². The molecule has 2 aliphatic rings. The number of nitrogens with zero attached hydrogens (tertiary/aromatic N) is 2. The first-order valence-corrected chi connectivity index (χ1v) is 11.0. The molecule has 4 atom stereocenters. The van der Waals surface area contributed by atoms with Gasteiger partial charge in [-0.15, -0.1) is 0 Å². The highest BCUT2D eigenvalue weighted by atomic mass is 16.6. The molecule has 2 aliphatic heterocycles. The molecule has 4 unspecified atom stereocenters. The number of methoxy groups -OCH3 is 1. The number of hydrogen-bond donors (Lipinski definition) is 3. The van der Waals surface area contributed by atoms with Crippen LogP contribution in [-0.2, 0) is 25.5 Å². The summed E-state index contributed by atoms with van der Waals surface area (Å²) in [5.74, 6) is -5.64. The highest BCUT2D eigenvalue weighted by molar-refractivity contribution is 6.09. The van der Waals surface area contributed by atoms with E-state index in [1.54, 1.807) is 12.1 Å². The average molecular weight is 497 g/mol. The zero-order valence-corrected chi connectivity index (χ0v) is 19.1. The number of ether oxygens (including phenoxy) is 1. The molecule has 4 rings (SSSR count). The van der Waals surface area contributed by atoms with Gasteiger partial charge in [0.2, 0.25) is 11.8 Å². The number of nitrogens with one attached hydrogen (secondary N) is 1. The number of imide groups is 1. The minimum Gasteiger partial charge on any atom is -0.480 e. The number of carboxylic acid groups (broad SMARTS) is 1. The zero-order chi connectivity index (χ0) is 26.2. The summed E-state index contributed by atoms with van der Waals surface area (Å²) < 4.78 is 4.69. The van der Waals surface area contributed by atoms with Gasteiger partial charge >= 0.3 is 11.9 Å². The number of likely N-dealkylation sites (tertiary alicyclic amines) is 1. The van der Waals surface area contributed by atoms with Gasteiger partial charge in [0.25, 0.3) is 5.69 Å². The molecular weight excluding hydrogens is 474 g/mol. The first-order chi connectivity index (χ1) is 17.1. The molecule has 0 spiro atoms. The molecule has 2 saturated heterocycles. The predicted octanol–water partition coefficient (Wildman–Crippen LogP) is 0.685. The summed E-state index contributed by atoms with van der Waals surface area (Å²) in [6, 6.07) is 10.4. The lowest BCUT2D eigenvalue weighted by molar-refractivity contribution is -0.384. The van der Waals surface area contributed by atoms with E-state index < -0.39 is 58.7 Å². The summed E-state index contributed by atoms with van der Waals surface area (Å²) in [5, 5.41) is 33.8. The Hall–Kier alpha value is -4.16. The third-order valence-electron chi connectivity index (χ3n) is 6.77. The number of aliphatic hydroxyl groups excluding tert-OH is 1. The van der Waals surface area contributed by atoms with Crippen molar-refractivity contribution in [1.29, 1.82) is 0 Å². The van der Waals surface area contributed by atoms with Crippen molar-refractivity contribution in [2.45, 2.75) is 18.0 Å². The number of nitro benzene ring substituents is 1. The first-order valence-electron chi connectivity index (χ1n) is 11.0. The molecule has 0 radical (unpaired) electrons. The van der Waals surface area contributed by atoms with E-state index in [4.69, 9.17) is 4.74 Å². The van der Waals surface area contributed by atoms with Crippen LogP contribution in [0.2, 0.25) is 0 Å². The Balaban J connectivity index is 1.78. The van der Waals surface area contributed by atoms with Crippen LogP contribution in [-0.4, -0.2) is 69.6 Å². The van der Waals surface area contributed by atoms with Crippen LogP contribution in [0.1, 0.15) is 27.5 Å². The second kappa shape index (κ2) is 9.47. The molecular formula is C24H23N3O9. The third kappa shape index (κ3) is 3.99. The number of hydrogen-bond acceptors (Lipinski definition) is 9. The van der Waals surface area contributed by atoms with E-state index in [-0.39, 0.29) is 24.2 Å². The Labute approximate surface area is 204 Å². The number of non-ortho nitro benzene ring substituents is 1. The topological polar surface area (TPSA) is 176 Å². The normalized spacial score (nSPS) is 25.1. The molecule has 3 N–H and O–H groups in total. The number of β-amino-alcohol motifs (C(OH)–C–C–N with tert-alkyl or cyclic N) is 1. The van der Waals surface area contributed by atoms with E-state index in [0.717, 1.165) is 4.90 Å². The summed E-state index contributed by atoms with van der Waals surface area (Å²) in [6.07, 6.45) is -0.232. The lowest BCUT2D eigenvalue weighted by Crippen LogP contribution is -2.57. The highest BCUT2D eigenvalue weighted by Gasteiger charge is 2.68. The molecule has 188 valence electrons. The van der Waals surface area contributed by atoms with E-state index in [9.17, 15) is 39.5 Å². The standard InChI is InChI=1S/C24H23N3O9/c1-36-22(31)15-6-4-14(5-7-15)19-17-18(21(30)26(10-11-28)20(17)29)24(25-19,23(32)33)12-13-2-8-16(9-3-13)27(34)35/h2-9,17-19,25,28H,10-12H2,1H3,(H,32,33). The van der Waals surface area contributed by atoms with Crippen LogP contribution < -0.4 is 5.32 Å². The fourth-order valence-electron chi connectivity index (χ4n) is 5.11. The Bertz CT molecular complexity index is 1230. The van der Waals surface area contributed by atoms with Crippen molar-refractivity contribution < 1.29 is 39.1 Å². The predicted molar refractivity (Wildman–Crippen MR) is 122 cm³/mol. The third-order valence-corrected chi connectivity index (χ3v) is 6.77. The molecule has 0 bridgehead atoms. The molecule has 0 saturated carbocycles. The first kappa shape index (κ1) is 24.9. The second-order valence-electron chi connectivity index (χ2n) is 8.67.